The van der Waals surface area contributed by atoms with E-state index in [2.05, 4.69) is 0 Å². The topological polar surface area (TPSA) is 94.5 Å². The van der Waals surface area contributed by atoms with Gasteiger partial charge in [-0.05, 0) is 38.1 Å². The Kier molecular flexibility index (Phi) is 10.3. The van der Waals surface area contributed by atoms with Gasteiger partial charge < -0.3 is 29.2 Å². The van der Waals surface area contributed by atoms with Crippen LogP contribution in [-0.2, 0) is 14.2 Å². The highest BCUT2D eigenvalue weighted by atomic mass is 16.6. The first-order valence-electron chi connectivity index (χ1n) is 8.29. The second kappa shape index (κ2) is 11.9. The van der Waals surface area contributed by atoms with Gasteiger partial charge in [0.25, 0.3) is 0 Å². The van der Waals surface area contributed by atoms with Crippen molar-refractivity contribution in [1.29, 1.82) is 0 Å². The van der Waals surface area contributed by atoms with Crippen LogP contribution in [0, 0.1) is 0 Å². The molecule has 0 saturated carbocycles. The number of aliphatic hydroxyl groups is 2. The van der Waals surface area contributed by atoms with Gasteiger partial charge in [0.05, 0.1) is 46.2 Å². The Balaban J connectivity index is 2.08. The average molecular weight is 356 g/mol. The summed E-state index contributed by atoms with van der Waals surface area (Å²) in [4.78, 5) is 11.9. The zero-order valence-corrected chi connectivity index (χ0v) is 14.9. The molecule has 25 heavy (non-hydrogen) atoms. The molecule has 0 aliphatic rings. The Morgan fingerprint density at radius 2 is 1.36 bits per heavy atom. The maximum absolute atomic E-state index is 11.9. The maximum Gasteiger partial charge on any atom is 0.193 e. The van der Waals surface area contributed by atoms with Gasteiger partial charge in [0, 0.05) is 5.56 Å². The quantitative estimate of drug-likeness (QED) is 0.380. The van der Waals surface area contributed by atoms with Crippen molar-refractivity contribution < 1.29 is 34.0 Å². The summed E-state index contributed by atoms with van der Waals surface area (Å²) in [6, 6.07) is 6.63. The zero-order chi connectivity index (χ0) is 18.5. The summed E-state index contributed by atoms with van der Waals surface area (Å²) in [5.74, 6) is 0.303. The number of aliphatic hydroxyl groups excluding tert-OH is 1. The summed E-state index contributed by atoms with van der Waals surface area (Å²) in [5.41, 5.74) is -0.945. The number of rotatable bonds is 14. The van der Waals surface area contributed by atoms with Crippen molar-refractivity contribution in [1.82, 2.24) is 0 Å². The van der Waals surface area contributed by atoms with E-state index in [0.29, 0.717) is 57.6 Å². The monoisotopic (exact) mass is 356 g/mol. The molecule has 0 heterocycles. The Hall–Kier alpha value is -1.51. The third-order valence-electron chi connectivity index (χ3n) is 3.15. The molecule has 0 bridgehead atoms. The molecule has 0 spiro atoms. The predicted octanol–water partition coefficient (Wildman–Crippen LogP) is 1.06. The van der Waals surface area contributed by atoms with E-state index in [1.54, 1.807) is 24.3 Å². The highest BCUT2D eigenvalue weighted by Gasteiger charge is 2.24. The number of hydrogen-bond acceptors (Lipinski definition) is 7. The lowest BCUT2D eigenvalue weighted by molar-refractivity contribution is 0.00361. The van der Waals surface area contributed by atoms with Crippen molar-refractivity contribution in [3.8, 4) is 5.75 Å². The van der Waals surface area contributed by atoms with Crippen molar-refractivity contribution in [2.24, 2.45) is 0 Å². The zero-order valence-electron chi connectivity index (χ0n) is 14.9. The van der Waals surface area contributed by atoms with Crippen LogP contribution in [0.1, 0.15) is 24.2 Å². The molecule has 0 amide bonds. The summed E-state index contributed by atoms with van der Waals surface area (Å²) in [5, 5.41) is 18.2. The van der Waals surface area contributed by atoms with E-state index in [-0.39, 0.29) is 12.4 Å². The van der Waals surface area contributed by atoms with Crippen LogP contribution in [0.4, 0.5) is 0 Å². The molecule has 0 unspecified atom stereocenters. The van der Waals surface area contributed by atoms with Crippen molar-refractivity contribution in [3.63, 3.8) is 0 Å². The van der Waals surface area contributed by atoms with Crippen molar-refractivity contribution in [2.75, 3.05) is 52.9 Å². The van der Waals surface area contributed by atoms with Gasteiger partial charge in [0.2, 0.25) is 0 Å². The number of ketones is 1. The normalized spacial score (nSPS) is 11.5. The first-order chi connectivity index (χ1) is 11.9. The molecule has 0 saturated heterocycles. The third-order valence-corrected chi connectivity index (χ3v) is 3.15. The van der Waals surface area contributed by atoms with Gasteiger partial charge in [0.15, 0.2) is 5.78 Å². The molecule has 0 fully saturated rings. The van der Waals surface area contributed by atoms with E-state index in [1.807, 2.05) is 0 Å². The first-order valence-corrected chi connectivity index (χ1v) is 8.29. The van der Waals surface area contributed by atoms with Crippen molar-refractivity contribution >= 4 is 5.78 Å². The predicted molar refractivity (Wildman–Crippen MR) is 92.1 cm³/mol. The fourth-order valence-corrected chi connectivity index (χ4v) is 1.88. The Labute approximate surface area is 148 Å². The van der Waals surface area contributed by atoms with Crippen LogP contribution >= 0.6 is 0 Å². The molecule has 0 atom stereocenters. The van der Waals surface area contributed by atoms with Gasteiger partial charge in [-0.25, -0.2) is 0 Å². The molecular weight excluding hydrogens is 328 g/mol. The molecule has 0 aliphatic heterocycles. The molecule has 7 nitrogen and oxygen atoms in total. The smallest absolute Gasteiger partial charge is 0.193 e. The standard InChI is InChI=1S/C18H28O7/c1-18(2,21)17(20)15-3-5-16(6-4-15)25-14-13-24-12-11-23-10-9-22-8-7-19/h3-6,19,21H,7-14H2,1-2H3. The minimum atomic E-state index is -1.39. The van der Waals surface area contributed by atoms with E-state index in [0.717, 1.165) is 0 Å². The minimum absolute atomic E-state index is 0.0154. The summed E-state index contributed by atoms with van der Waals surface area (Å²) >= 11 is 0. The number of ether oxygens (including phenoxy) is 4. The van der Waals surface area contributed by atoms with E-state index in [4.69, 9.17) is 24.1 Å². The van der Waals surface area contributed by atoms with E-state index in [1.165, 1.54) is 13.8 Å². The molecule has 7 heteroatoms. The second-order valence-electron chi connectivity index (χ2n) is 5.82. The van der Waals surface area contributed by atoms with Gasteiger partial charge >= 0.3 is 0 Å². The Bertz CT molecular complexity index is 479. The van der Waals surface area contributed by atoms with Gasteiger partial charge in [-0.3, -0.25) is 4.79 Å². The molecule has 1 aromatic carbocycles. The number of carbonyl (C=O) groups is 1. The van der Waals surface area contributed by atoms with E-state index >= 15 is 0 Å². The van der Waals surface area contributed by atoms with Crippen LogP contribution in [0.15, 0.2) is 24.3 Å². The molecule has 0 radical (unpaired) electrons. The minimum Gasteiger partial charge on any atom is -0.491 e. The maximum atomic E-state index is 11.9. The highest BCUT2D eigenvalue weighted by molar-refractivity contribution is 6.01. The molecule has 2 N–H and O–H groups in total. The van der Waals surface area contributed by atoms with Crippen LogP contribution in [0.3, 0.4) is 0 Å². The lowest BCUT2D eigenvalue weighted by atomic mass is 9.97. The Morgan fingerprint density at radius 3 is 1.84 bits per heavy atom. The van der Waals surface area contributed by atoms with Crippen LogP contribution in [0.25, 0.3) is 0 Å². The van der Waals surface area contributed by atoms with Gasteiger partial charge in [-0.2, -0.15) is 0 Å². The summed E-state index contributed by atoms with van der Waals surface area (Å²) in [6.45, 7) is 5.93. The number of Topliss-reactive ketones (excluding diaryl/α,β-unsaturated/α-hetero) is 1. The highest BCUT2D eigenvalue weighted by Crippen LogP contribution is 2.17. The first kappa shape index (κ1) is 21.5. The summed E-state index contributed by atoms with van der Waals surface area (Å²) in [6.07, 6.45) is 0. The lowest BCUT2D eigenvalue weighted by Crippen LogP contribution is -2.30. The molecule has 1 aromatic rings. The number of carbonyl (C=O) groups excluding carboxylic acids is 1. The van der Waals surface area contributed by atoms with Crippen LogP contribution in [0.5, 0.6) is 5.75 Å². The lowest BCUT2D eigenvalue weighted by Gasteiger charge is -2.15. The third kappa shape index (κ3) is 9.52. The number of benzene rings is 1. The molecule has 0 aromatic heterocycles. The number of hydrogen-bond donors (Lipinski definition) is 2. The van der Waals surface area contributed by atoms with Crippen LogP contribution in [-0.4, -0.2) is 74.5 Å². The molecule has 0 aliphatic carbocycles. The molecule has 1 rings (SSSR count). The summed E-state index contributed by atoms with van der Waals surface area (Å²) in [7, 11) is 0. The summed E-state index contributed by atoms with van der Waals surface area (Å²) < 4.78 is 21.2. The second-order valence-corrected chi connectivity index (χ2v) is 5.82. The van der Waals surface area contributed by atoms with Gasteiger partial charge in [0.1, 0.15) is 18.0 Å². The Morgan fingerprint density at radius 1 is 0.880 bits per heavy atom. The molecular formula is C18H28O7. The average Bonchev–Trinajstić information content (AvgIpc) is 2.59. The van der Waals surface area contributed by atoms with Crippen molar-refractivity contribution in [3.05, 3.63) is 29.8 Å². The van der Waals surface area contributed by atoms with E-state index in [9.17, 15) is 9.90 Å². The van der Waals surface area contributed by atoms with Crippen LogP contribution < -0.4 is 4.74 Å². The van der Waals surface area contributed by atoms with Gasteiger partial charge in [-0.15, -0.1) is 0 Å². The SMILES string of the molecule is CC(C)(O)C(=O)c1ccc(OCCOCCOCCOCCO)cc1. The molecule has 142 valence electrons. The van der Waals surface area contributed by atoms with Crippen molar-refractivity contribution in [2.45, 2.75) is 19.4 Å². The van der Waals surface area contributed by atoms with Crippen LogP contribution in [0.2, 0.25) is 0 Å². The van der Waals surface area contributed by atoms with E-state index < -0.39 is 5.60 Å². The fraction of sp³-hybridized carbons (Fsp3) is 0.611. The van der Waals surface area contributed by atoms with Gasteiger partial charge in [-0.1, -0.05) is 0 Å². The largest absolute Gasteiger partial charge is 0.491 e. The fourth-order valence-electron chi connectivity index (χ4n) is 1.88.